The fourth-order valence-electron chi connectivity index (χ4n) is 3.41. The number of amides is 5. The molecule has 0 radical (unpaired) electrons. The van der Waals surface area contributed by atoms with Crippen molar-refractivity contribution in [3.8, 4) is 0 Å². The Hall–Kier alpha value is -3.67. The summed E-state index contributed by atoms with van der Waals surface area (Å²) in [4.78, 5) is 83.1. The van der Waals surface area contributed by atoms with Gasteiger partial charge in [-0.3, -0.25) is 28.8 Å². The molecule has 4 unspecified atom stereocenters. The van der Waals surface area contributed by atoms with Crippen molar-refractivity contribution in [1.29, 1.82) is 0 Å². The predicted molar refractivity (Wildman–Crippen MR) is 130 cm³/mol. The standard InChI is InChI=1S/C22H37N5O12/c1-4-11(21(36)27-12(19(23)34)5-6-15(32)25-9(2)22(37)38)17(20(24)35)39-18(16(33)14(31)8-29)13(7-28)26-10(3)30/h7,9,11-14,16-18,29,31,33H,4-6,8H2,1-3H3,(H2,23,34)(H2,24,35)(H,25,32)(H,26,30)(H,27,36)(H,37,38)/t9?,11?,12?,13-,14+,16+,17?,18+/m0/s1. The number of ether oxygens (including phenoxy) is 1. The van der Waals surface area contributed by atoms with Crippen LogP contribution in [-0.2, 0) is 38.3 Å². The Morgan fingerprint density at radius 3 is 2.00 bits per heavy atom. The molecule has 0 aromatic carbocycles. The van der Waals surface area contributed by atoms with Crippen LogP contribution in [0, 0.1) is 5.92 Å². The van der Waals surface area contributed by atoms with Crippen LogP contribution >= 0.6 is 0 Å². The van der Waals surface area contributed by atoms with E-state index in [4.69, 9.17) is 21.3 Å². The maximum atomic E-state index is 13.0. The molecule has 0 spiro atoms. The van der Waals surface area contributed by atoms with E-state index in [0.717, 1.165) is 6.92 Å². The van der Waals surface area contributed by atoms with Gasteiger partial charge in [0.25, 0.3) is 0 Å². The van der Waals surface area contributed by atoms with Crippen molar-refractivity contribution in [3.63, 3.8) is 0 Å². The van der Waals surface area contributed by atoms with E-state index in [0.29, 0.717) is 0 Å². The van der Waals surface area contributed by atoms with Crippen molar-refractivity contribution in [2.75, 3.05) is 6.61 Å². The summed E-state index contributed by atoms with van der Waals surface area (Å²) < 4.78 is 5.49. The first-order chi connectivity index (χ1) is 18.1. The quantitative estimate of drug-likeness (QED) is 0.0667. The van der Waals surface area contributed by atoms with E-state index in [-0.39, 0.29) is 19.1 Å². The van der Waals surface area contributed by atoms with Gasteiger partial charge in [-0.15, -0.1) is 0 Å². The molecule has 11 N–H and O–H groups in total. The predicted octanol–water partition coefficient (Wildman–Crippen LogP) is -4.99. The van der Waals surface area contributed by atoms with Gasteiger partial charge in [0, 0.05) is 13.3 Å². The van der Waals surface area contributed by atoms with Crippen molar-refractivity contribution in [2.45, 2.75) is 82.6 Å². The number of nitrogens with one attached hydrogen (secondary N) is 3. The Balaban J connectivity index is 5.89. The average molecular weight is 564 g/mol. The van der Waals surface area contributed by atoms with Crippen molar-refractivity contribution in [1.82, 2.24) is 16.0 Å². The van der Waals surface area contributed by atoms with Crippen molar-refractivity contribution in [2.24, 2.45) is 17.4 Å². The molecule has 0 aliphatic rings. The van der Waals surface area contributed by atoms with E-state index in [9.17, 15) is 48.9 Å². The smallest absolute Gasteiger partial charge is 0.325 e. The first-order valence-electron chi connectivity index (χ1n) is 11.9. The molecule has 17 heteroatoms. The minimum Gasteiger partial charge on any atom is -0.480 e. The Labute approximate surface area is 223 Å². The lowest BCUT2D eigenvalue weighted by molar-refractivity contribution is -0.168. The highest BCUT2D eigenvalue weighted by Gasteiger charge is 2.41. The monoisotopic (exact) mass is 563 g/mol. The number of aldehydes is 1. The van der Waals surface area contributed by atoms with Crippen LogP contribution in [0.25, 0.3) is 0 Å². The minimum atomic E-state index is -2.04. The number of aliphatic hydroxyl groups is 3. The molecule has 0 aromatic heterocycles. The molecule has 0 aliphatic carbocycles. The summed E-state index contributed by atoms with van der Waals surface area (Å²) in [5.74, 6) is -7.56. The molecule has 0 aromatic rings. The third-order valence-corrected chi connectivity index (χ3v) is 5.58. The molecular formula is C22H37N5O12. The summed E-state index contributed by atoms with van der Waals surface area (Å²) in [6.45, 7) is 2.68. The molecule has 0 saturated carbocycles. The maximum absolute atomic E-state index is 13.0. The number of primary amides is 2. The molecule has 0 aliphatic heterocycles. The van der Waals surface area contributed by atoms with Crippen molar-refractivity contribution < 1.29 is 58.7 Å². The second-order valence-electron chi connectivity index (χ2n) is 8.67. The first-order valence-corrected chi connectivity index (χ1v) is 11.9. The summed E-state index contributed by atoms with van der Waals surface area (Å²) in [5.41, 5.74) is 10.7. The Morgan fingerprint density at radius 1 is 1.00 bits per heavy atom. The largest absolute Gasteiger partial charge is 0.480 e. The van der Waals surface area contributed by atoms with Crippen LogP contribution in [-0.4, -0.2) is 111 Å². The van der Waals surface area contributed by atoms with Gasteiger partial charge in [-0.25, -0.2) is 0 Å². The molecule has 0 heterocycles. The van der Waals surface area contributed by atoms with Gasteiger partial charge in [-0.2, -0.15) is 0 Å². The highest BCUT2D eigenvalue weighted by atomic mass is 16.5. The fraction of sp³-hybridized carbons (Fsp3) is 0.682. The summed E-state index contributed by atoms with van der Waals surface area (Å²) in [6, 6.07) is -4.30. The van der Waals surface area contributed by atoms with Gasteiger partial charge < -0.3 is 57.4 Å². The highest BCUT2D eigenvalue weighted by molar-refractivity contribution is 5.92. The topological polar surface area (TPSA) is 298 Å². The number of aliphatic carboxylic acids is 1. The molecule has 0 saturated heterocycles. The summed E-state index contributed by atoms with van der Waals surface area (Å²) in [5, 5.41) is 44.9. The van der Waals surface area contributed by atoms with Crippen LogP contribution in [0.2, 0.25) is 0 Å². The van der Waals surface area contributed by atoms with E-state index in [1.807, 2.05) is 0 Å². The number of hydrogen-bond donors (Lipinski definition) is 9. The van der Waals surface area contributed by atoms with E-state index < -0.39 is 97.0 Å². The second kappa shape index (κ2) is 17.0. The van der Waals surface area contributed by atoms with Gasteiger partial charge in [0.05, 0.1) is 12.5 Å². The fourth-order valence-corrected chi connectivity index (χ4v) is 3.41. The second-order valence-corrected chi connectivity index (χ2v) is 8.67. The number of nitrogens with two attached hydrogens (primary N) is 2. The SMILES string of the molecule is CCC(C(=O)NC(CCC(=O)NC(C)C(=O)O)C(N)=O)C(O[C@@H]([C@H](O)[C@H](O)CO)[C@H](C=O)NC(C)=O)C(N)=O. The lowest BCUT2D eigenvalue weighted by Gasteiger charge is -2.34. The first kappa shape index (κ1) is 35.3. The number of aliphatic hydroxyl groups excluding tert-OH is 3. The highest BCUT2D eigenvalue weighted by Crippen LogP contribution is 2.20. The number of carboxylic acid groups (broad SMARTS) is 1. The molecular weight excluding hydrogens is 526 g/mol. The lowest BCUT2D eigenvalue weighted by atomic mass is 9.95. The average Bonchev–Trinajstić information content (AvgIpc) is 2.85. The van der Waals surface area contributed by atoms with Gasteiger partial charge in [0.1, 0.15) is 48.8 Å². The molecule has 39 heavy (non-hydrogen) atoms. The molecule has 0 fully saturated rings. The third-order valence-electron chi connectivity index (χ3n) is 5.58. The molecule has 222 valence electrons. The van der Waals surface area contributed by atoms with Crippen molar-refractivity contribution in [3.05, 3.63) is 0 Å². The van der Waals surface area contributed by atoms with Crippen LogP contribution < -0.4 is 27.4 Å². The summed E-state index contributed by atoms with van der Waals surface area (Å²) >= 11 is 0. The van der Waals surface area contributed by atoms with Gasteiger partial charge in [-0.05, 0) is 19.8 Å². The molecule has 8 atom stereocenters. The van der Waals surface area contributed by atoms with Crippen LogP contribution in [0.5, 0.6) is 0 Å². The summed E-state index contributed by atoms with van der Waals surface area (Å²) in [6.07, 6.45) is -8.42. The van der Waals surface area contributed by atoms with Crippen LogP contribution in [0.3, 0.4) is 0 Å². The van der Waals surface area contributed by atoms with Crippen LogP contribution in [0.15, 0.2) is 0 Å². The molecule has 0 rings (SSSR count). The van der Waals surface area contributed by atoms with Gasteiger partial charge in [0.15, 0.2) is 0 Å². The normalized spacial score (nSPS) is 17.2. The van der Waals surface area contributed by atoms with Crippen LogP contribution in [0.1, 0.15) is 40.0 Å². The number of carbonyl (C=O) groups is 7. The van der Waals surface area contributed by atoms with Gasteiger partial charge >= 0.3 is 5.97 Å². The number of rotatable bonds is 19. The zero-order valence-electron chi connectivity index (χ0n) is 21.7. The van der Waals surface area contributed by atoms with E-state index in [1.165, 1.54) is 13.8 Å². The minimum absolute atomic E-state index is 0.137. The third kappa shape index (κ3) is 11.7. The number of carbonyl (C=O) groups excluding carboxylic acids is 6. The lowest BCUT2D eigenvalue weighted by Crippen LogP contribution is -2.58. The molecule has 5 amide bonds. The van der Waals surface area contributed by atoms with Gasteiger partial charge in [0.2, 0.25) is 29.5 Å². The Morgan fingerprint density at radius 2 is 1.59 bits per heavy atom. The van der Waals surface area contributed by atoms with E-state index in [1.54, 1.807) is 0 Å². The molecule has 17 nitrogen and oxygen atoms in total. The number of hydrogen-bond acceptors (Lipinski definition) is 11. The van der Waals surface area contributed by atoms with E-state index in [2.05, 4.69) is 16.0 Å². The molecule has 0 bridgehead atoms. The van der Waals surface area contributed by atoms with Crippen LogP contribution in [0.4, 0.5) is 0 Å². The zero-order chi connectivity index (χ0) is 30.4. The Kier molecular flexibility index (Phi) is 15.4. The Bertz CT molecular complexity index is 901. The van der Waals surface area contributed by atoms with Crippen molar-refractivity contribution >= 4 is 41.8 Å². The number of carboxylic acids is 1. The van der Waals surface area contributed by atoms with Gasteiger partial charge in [-0.1, -0.05) is 6.92 Å². The maximum Gasteiger partial charge on any atom is 0.325 e. The zero-order valence-corrected chi connectivity index (χ0v) is 21.7. The summed E-state index contributed by atoms with van der Waals surface area (Å²) in [7, 11) is 0. The van der Waals surface area contributed by atoms with E-state index >= 15 is 0 Å².